The normalized spacial score (nSPS) is 11.5. The molecule has 5 heteroatoms. The van der Waals surface area contributed by atoms with Gasteiger partial charge in [0.05, 0.1) is 10.7 Å². The predicted octanol–water partition coefficient (Wildman–Crippen LogP) is 2.70. The summed E-state index contributed by atoms with van der Waals surface area (Å²) in [7, 11) is 0. The highest BCUT2D eigenvalue weighted by molar-refractivity contribution is 6.36. The molecule has 0 spiro atoms. The molecule has 0 amide bonds. The zero-order chi connectivity index (χ0) is 9.84. The Morgan fingerprint density at radius 1 is 1.46 bits per heavy atom. The molecule has 0 bridgehead atoms. The van der Waals surface area contributed by atoms with E-state index in [1.54, 1.807) is 25.1 Å². The number of hydrogen-bond donors (Lipinski definition) is 2. The van der Waals surface area contributed by atoms with Crippen molar-refractivity contribution in [2.45, 2.75) is 6.92 Å². The van der Waals surface area contributed by atoms with Crippen LogP contribution in [-0.4, -0.2) is 5.84 Å². The molecule has 1 aromatic rings. The molecule has 0 fully saturated rings. The molecule has 0 atom stereocenters. The van der Waals surface area contributed by atoms with Crippen molar-refractivity contribution in [2.75, 3.05) is 5.43 Å². The number of hydrazone groups is 1. The van der Waals surface area contributed by atoms with Gasteiger partial charge >= 0.3 is 0 Å². The van der Waals surface area contributed by atoms with E-state index >= 15 is 0 Å². The molecule has 0 radical (unpaired) electrons. The largest absolute Gasteiger partial charge is 0.386 e. The fourth-order valence-electron chi connectivity index (χ4n) is 0.729. The molecule has 0 saturated heterocycles. The molecule has 0 aliphatic rings. The summed E-state index contributed by atoms with van der Waals surface area (Å²) >= 11 is 11.6. The molecule has 0 saturated carbocycles. The van der Waals surface area contributed by atoms with Crippen molar-refractivity contribution < 1.29 is 0 Å². The second-order valence-corrected chi connectivity index (χ2v) is 3.33. The van der Waals surface area contributed by atoms with Gasteiger partial charge in [0.2, 0.25) is 0 Å². The van der Waals surface area contributed by atoms with E-state index in [4.69, 9.17) is 28.9 Å². The Hall–Kier alpha value is -0.930. The van der Waals surface area contributed by atoms with Crippen LogP contribution in [0.25, 0.3) is 0 Å². The van der Waals surface area contributed by atoms with Crippen LogP contribution >= 0.6 is 23.2 Å². The first kappa shape index (κ1) is 10.2. The SMILES string of the molecule is C/C(N)=N/Nc1ccc(Cl)cc1Cl. The molecule has 0 aliphatic carbocycles. The Bertz CT molecular complexity index is 332. The van der Waals surface area contributed by atoms with Crippen molar-refractivity contribution in [2.24, 2.45) is 10.8 Å². The highest BCUT2D eigenvalue weighted by Gasteiger charge is 1.98. The fraction of sp³-hybridized carbons (Fsp3) is 0.125. The second-order valence-electron chi connectivity index (χ2n) is 2.49. The van der Waals surface area contributed by atoms with E-state index < -0.39 is 0 Å². The van der Waals surface area contributed by atoms with Crippen LogP contribution in [0.4, 0.5) is 5.69 Å². The summed E-state index contributed by atoms with van der Waals surface area (Å²) < 4.78 is 0. The lowest BCUT2D eigenvalue weighted by molar-refractivity contribution is 1.30. The number of nitrogens with two attached hydrogens (primary N) is 1. The summed E-state index contributed by atoms with van der Waals surface area (Å²) in [6.07, 6.45) is 0. The summed E-state index contributed by atoms with van der Waals surface area (Å²) in [6.45, 7) is 1.68. The van der Waals surface area contributed by atoms with Gasteiger partial charge in [0.15, 0.2) is 0 Å². The third-order valence-corrected chi connectivity index (χ3v) is 1.83. The lowest BCUT2D eigenvalue weighted by Gasteiger charge is -2.03. The number of hydrogen-bond acceptors (Lipinski definition) is 2. The topological polar surface area (TPSA) is 50.4 Å². The maximum absolute atomic E-state index is 5.86. The van der Waals surface area contributed by atoms with Crippen LogP contribution in [0.5, 0.6) is 0 Å². The maximum Gasteiger partial charge on any atom is 0.116 e. The third kappa shape index (κ3) is 3.13. The molecule has 0 aliphatic heterocycles. The monoisotopic (exact) mass is 217 g/mol. The number of nitrogens with one attached hydrogen (secondary N) is 1. The number of nitrogens with zero attached hydrogens (tertiary/aromatic N) is 1. The molecule has 0 aromatic heterocycles. The summed E-state index contributed by atoms with van der Waals surface area (Å²) in [4.78, 5) is 0. The number of halogens is 2. The molecular formula is C8H9Cl2N3. The molecule has 3 N–H and O–H groups in total. The Labute approximate surface area is 86.5 Å². The fourth-order valence-corrected chi connectivity index (χ4v) is 1.18. The van der Waals surface area contributed by atoms with E-state index in [0.717, 1.165) is 0 Å². The molecule has 13 heavy (non-hydrogen) atoms. The van der Waals surface area contributed by atoms with Crippen LogP contribution in [0.2, 0.25) is 10.0 Å². The van der Waals surface area contributed by atoms with Crippen molar-refractivity contribution in [1.82, 2.24) is 0 Å². The first-order valence-electron chi connectivity index (χ1n) is 3.60. The van der Waals surface area contributed by atoms with Crippen LogP contribution in [0.1, 0.15) is 6.92 Å². The predicted molar refractivity (Wildman–Crippen MR) is 57.4 cm³/mol. The van der Waals surface area contributed by atoms with Gasteiger partial charge in [-0.2, -0.15) is 5.10 Å². The molecular weight excluding hydrogens is 209 g/mol. The first-order valence-corrected chi connectivity index (χ1v) is 4.36. The minimum Gasteiger partial charge on any atom is -0.386 e. The maximum atomic E-state index is 5.86. The minimum absolute atomic E-state index is 0.436. The van der Waals surface area contributed by atoms with E-state index in [9.17, 15) is 0 Å². The van der Waals surface area contributed by atoms with Crippen molar-refractivity contribution in [1.29, 1.82) is 0 Å². The van der Waals surface area contributed by atoms with Crippen molar-refractivity contribution in [3.05, 3.63) is 28.2 Å². The van der Waals surface area contributed by atoms with E-state index in [-0.39, 0.29) is 0 Å². The Balaban J connectivity index is 2.84. The zero-order valence-corrected chi connectivity index (χ0v) is 8.52. The quantitative estimate of drug-likeness (QED) is 0.455. The average Bonchev–Trinajstić information content (AvgIpc) is 2.02. The van der Waals surface area contributed by atoms with Gasteiger partial charge in [-0.05, 0) is 25.1 Å². The molecule has 0 unspecified atom stereocenters. The van der Waals surface area contributed by atoms with Gasteiger partial charge < -0.3 is 5.73 Å². The van der Waals surface area contributed by atoms with Gasteiger partial charge in [0.1, 0.15) is 5.84 Å². The second kappa shape index (κ2) is 4.35. The smallest absolute Gasteiger partial charge is 0.116 e. The Kier molecular flexibility index (Phi) is 3.39. The third-order valence-electron chi connectivity index (χ3n) is 1.28. The summed E-state index contributed by atoms with van der Waals surface area (Å²) in [5.74, 6) is 0.436. The van der Waals surface area contributed by atoms with Crippen molar-refractivity contribution in [3.63, 3.8) is 0 Å². The van der Waals surface area contributed by atoms with E-state index in [2.05, 4.69) is 10.5 Å². The molecule has 70 valence electrons. The zero-order valence-electron chi connectivity index (χ0n) is 7.01. The van der Waals surface area contributed by atoms with Gasteiger partial charge in [-0.25, -0.2) is 0 Å². The highest BCUT2D eigenvalue weighted by atomic mass is 35.5. The first-order chi connectivity index (χ1) is 6.09. The van der Waals surface area contributed by atoms with Gasteiger partial charge in [-0.15, -0.1) is 0 Å². The van der Waals surface area contributed by atoms with E-state index in [1.807, 2.05) is 0 Å². The van der Waals surface area contributed by atoms with Crippen molar-refractivity contribution >= 4 is 34.7 Å². The average molecular weight is 218 g/mol. The number of amidine groups is 1. The van der Waals surface area contributed by atoms with Crippen LogP contribution in [0, 0.1) is 0 Å². The van der Waals surface area contributed by atoms with Gasteiger partial charge in [0, 0.05) is 5.02 Å². The Morgan fingerprint density at radius 3 is 2.69 bits per heavy atom. The lowest BCUT2D eigenvalue weighted by Crippen LogP contribution is -2.08. The molecule has 3 nitrogen and oxygen atoms in total. The van der Waals surface area contributed by atoms with E-state index in [0.29, 0.717) is 21.6 Å². The summed E-state index contributed by atoms with van der Waals surface area (Å²) in [6, 6.07) is 5.08. The van der Waals surface area contributed by atoms with Crippen LogP contribution in [-0.2, 0) is 0 Å². The number of benzene rings is 1. The van der Waals surface area contributed by atoms with Crippen molar-refractivity contribution in [3.8, 4) is 0 Å². The van der Waals surface area contributed by atoms with Gasteiger partial charge in [0.25, 0.3) is 0 Å². The highest BCUT2D eigenvalue weighted by Crippen LogP contribution is 2.25. The lowest BCUT2D eigenvalue weighted by atomic mass is 10.3. The van der Waals surface area contributed by atoms with Crippen LogP contribution < -0.4 is 11.2 Å². The van der Waals surface area contributed by atoms with Gasteiger partial charge in [-0.1, -0.05) is 23.2 Å². The number of rotatable bonds is 2. The summed E-state index contributed by atoms with van der Waals surface area (Å²) in [5, 5.41) is 4.90. The Morgan fingerprint density at radius 2 is 2.15 bits per heavy atom. The number of anilines is 1. The standard InChI is InChI=1S/C8H9Cl2N3/c1-5(11)12-13-8-3-2-6(9)4-7(8)10/h2-4,13H,1H3,(H2,11,12). The summed E-state index contributed by atoms with van der Waals surface area (Å²) in [5.41, 5.74) is 8.73. The van der Waals surface area contributed by atoms with Gasteiger partial charge in [-0.3, -0.25) is 5.43 Å². The minimum atomic E-state index is 0.436. The molecule has 1 aromatic carbocycles. The molecule has 0 heterocycles. The van der Waals surface area contributed by atoms with Crippen LogP contribution in [0.15, 0.2) is 23.3 Å². The van der Waals surface area contributed by atoms with Crippen LogP contribution in [0.3, 0.4) is 0 Å². The van der Waals surface area contributed by atoms with E-state index in [1.165, 1.54) is 0 Å². The molecule has 1 rings (SSSR count).